The van der Waals surface area contributed by atoms with Gasteiger partial charge < -0.3 is 28.6 Å². The monoisotopic (exact) mass is 1000 g/mol. The molecule has 1 saturated heterocycles. The van der Waals surface area contributed by atoms with Crippen LogP contribution in [0, 0.1) is 41.3 Å². The van der Waals surface area contributed by atoms with Gasteiger partial charge >= 0.3 is 17.9 Å². The highest BCUT2D eigenvalue weighted by Crippen LogP contribution is 2.46. The van der Waals surface area contributed by atoms with Crippen LogP contribution >= 0.6 is 0 Å². The van der Waals surface area contributed by atoms with E-state index >= 15 is 0 Å². The molecule has 4 atom stereocenters. The van der Waals surface area contributed by atoms with Crippen molar-refractivity contribution in [2.45, 2.75) is 70.9 Å². The van der Waals surface area contributed by atoms with E-state index in [-0.39, 0.29) is 32.1 Å². The van der Waals surface area contributed by atoms with E-state index in [9.17, 15) is 23.6 Å². The van der Waals surface area contributed by atoms with E-state index in [4.69, 9.17) is 23.7 Å². The maximum absolute atomic E-state index is 14.3. The average molecular weight is 1000 g/mol. The lowest BCUT2D eigenvalue weighted by Crippen LogP contribution is -2.55. The summed E-state index contributed by atoms with van der Waals surface area (Å²) in [5.41, 5.74) is 7.08. The topological polar surface area (TPSA) is 118 Å². The van der Waals surface area contributed by atoms with Crippen molar-refractivity contribution in [1.82, 2.24) is 0 Å². The number of carbonyl (C=O) groups excluding carboxylic acids is 4. The van der Waals surface area contributed by atoms with E-state index in [2.05, 4.69) is 23.7 Å². The van der Waals surface area contributed by atoms with Gasteiger partial charge in [-0.3, -0.25) is 19.2 Å². The van der Waals surface area contributed by atoms with Crippen LogP contribution in [0.5, 0.6) is 0 Å². The van der Waals surface area contributed by atoms with E-state index in [0.29, 0.717) is 42.9 Å². The minimum Gasteiger partial charge on any atom is -0.460 e. The lowest BCUT2D eigenvalue weighted by molar-refractivity contribution is -0.163. The highest BCUT2D eigenvalue weighted by atomic mass is 19.1. The van der Waals surface area contributed by atoms with Gasteiger partial charge in [0.05, 0.1) is 31.8 Å². The van der Waals surface area contributed by atoms with Crippen molar-refractivity contribution in [3.63, 3.8) is 0 Å². The Morgan fingerprint density at radius 3 is 1.65 bits per heavy atom. The van der Waals surface area contributed by atoms with Crippen LogP contribution in [0.4, 0.5) is 10.1 Å². The summed E-state index contributed by atoms with van der Waals surface area (Å²) in [6.07, 6.45) is -0.676. The number of amides is 1. The Kier molecular flexibility index (Phi) is 18.9. The third-order valence-electron chi connectivity index (χ3n) is 12.5. The average Bonchev–Trinajstić information content (AvgIpc) is 3.44. The van der Waals surface area contributed by atoms with Crippen molar-refractivity contribution in [3.05, 3.63) is 244 Å². The fraction of sp³-hybridized carbons (Fsp3) is 0.219. The summed E-state index contributed by atoms with van der Waals surface area (Å²) in [5, 5.41) is 0. The summed E-state index contributed by atoms with van der Waals surface area (Å²) in [5.74, 6) is 8.31. The molecule has 0 radical (unpaired) electrons. The van der Waals surface area contributed by atoms with Crippen LogP contribution in [0.3, 0.4) is 0 Å². The van der Waals surface area contributed by atoms with Crippen LogP contribution in [-0.2, 0) is 69.3 Å². The molecule has 0 aliphatic carbocycles. The highest BCUT2D eigenvalue weighted by molar-refractivity contribution is 6.03. The summed E-state index contributed by atoms with van der Waals surface area (Å²) in [7, 11) is 0. The number of hydrogen-bond acceptors (Lipinski definition) is 9. The molecule has 0 N–H and O–H groups in total. The molecule has 75 heavy (non-hydrogen) atoms. The molecule has 8 rings (SSSR count). The molecule has 0 aromatic heterocycles. The zero-order valence-corrected chi connectivity index (χ0v) is 41.5. The predicted octanol–water partition coefficient (Wildman–Crippen LogP) is 11.6. The molecule has 7 aromatic rings. The Labute approximate surface area is 437 Å². The number of benzene rings is 7. The van der Waals surface area contributed by atoms with Crippen molar-refractivity contribution in [2.75, 3.05) is 11.5 Å². The molecule has 11 heteroatoms. The van der Waals surface area contributed by atoms with Gasteiger partial charge in [0.2, 0.25) is 5.91 Å². The number of rotatable bonds is 21. The van der Waals surface area contributed by atoms with Gasteiger partial charge in [0.25, 0.3) is 0 Å². The Bertz CT molecular complexity index is 3040. The molecule has 1 heterocycles. The normalized spacial score (nSPS) is 14.5. The SMILES string of the molecule is CC(=O)O[C@@H](CC[C@H]1C(=O)N(c2ccc(C#CC(COCc3ccccc3)OCc3ccccc3)cc2)[C@@H]1c1ccc(C#CCC(C(=O)OCc2ccccc2)C(=O)OCc2ccccc2)cc1)c1ccc(F)cc1. The molecular formula is C64H56FNO9. The van der Waals surface area contributed by atoms with Crippen LogP contribution < -0.4 is 4.90 Å². The lowest BCUT2D eigenvalue weighted by atomic mass is 9.78. The van der Waals surface area contributed by atoms with E-state index in [1.54, 1.807) is 17.0 Å². The molecule has 7 aromatic carbocycles. The number of anilines is 1. The van der Waals surface area contributed by atoms with Gasteiger partial charge in [0, 0.05) is 30.2 Å². The van der Waals surface area contributed by atoms with Crippen LogP contribution in [0.25, 0.3) is 0 Å². The molecule has 1 aliphatic rings. The quantitative estimate of drug-likeness (QED) is 0.0228. The fourth-order valence-corrected chi connectivity index (χ4v) is 8.57. The molecule has 1 aliphatic heterocycles. The van der Waals surface area contributed by atoms with Crippen LogP contribution in [0.15, 0.2) is 194 Å². The summed E-state index contributed by atoms with van der Waals surface area (Å²) < 4.78 is 43.0. The van der Waals surface area contributed by atoms with Crippen molar-refractivity contribution in [3.8, 4) is 23.7 Å². The Hall–Kier alpha value is -8.61. The maximum Gasteiger partial charge on any atom is 0.321 e. The first-order valence-corrected chi connectivity index (χ1v) is 24.8. The minimum absolute atomic E-state index is 0.00916. The fourth-order valence-electron chi connectivity index (χ4n) is 8.57. The number of nitrogens with zero attached hydrogens (tertiary/aromatic N) is 1. The van der Waals surface area contributed by atoms with Gasteiger partial charge in [-0.15, -0.1) is 0 Å². The number of ether oxygens (including phenoxy) is 5. The van der Waals surface area contributed by atoms with E-state index < -0.39 is 53.8 Å². The van der Waals surface area contributed by atoms with E-state index in [1.165, 1.54) is 19.1 Å². The van der Waals surface area contributed by atoms with Crippen molar-refractivity contribution in [1.29, 1.82) is 0 Å². The highest BCUT2D eigenvalue weighted by Gasteiger charge is 2.48. The molecule has 1 amide bonds. The second-order valence-electron chi connectivity index (χ2n) is 18.0. The Balaban J connectivity index is 0.997. The first-order chi connectivity index (χ1) is 36.7. The summed E-state index contributed by atoms with van der Waals surface area (Å²) in [6, 6.07) is 58.5. The molecule has 1 unspecified atom stereocenters. The molecule has 378 valence electrons. The zero-order valence-electron chi connectivity index (χ0n) is 41.5. The smallest absolute Gasteiger partial charge is 0.321 e. The number of β-lactam (4-membered cyclic amide) rings is 1. The number of hydrogen-bond donors (Lipinski definition) is 0. The molecule has 1 fully saturated rings. The molecule has 10 nitrogen and oxygen atoms in total. The Morgan fingerprint density at radius 2 is 1.11 bits per heavy atom. The lowest BCUT2D eigenvalue weighted by Gasteiger charge is -2.48. The van der Waals surface area contributed by atoms with Gasteiger partial charge in [0.1, 0.15) is 31.2 Å². The Morgan fingerprint density at radius 1 is 0.600 bits per heavy atom. The standard InChI is InChI=1S/C64H56FNO9/c1-46(67)75-60(53-32-34-55(65)35-33-53)40-39-58-61(54-30-25-47(26-31-54)23-14-24-59(63(69)73-43-51-19-10-4-11-20-51)64(70)74-44-52-21-12-5-13-22-52)66(62(58)68)56-36-27-48(28-37-56)29-38-57(72-42-50-17-8-3-9-18-50)45-71-41-49-15-6-2-7-16-49/h2-13,15-22,25-28,30-37,57-61H,24,39-45H2,1H3/t57?,58-,60+,61-/m1/s1. The van der Waals surface area contributed by atoms with Crippen LogP contribution in [0.1, 0.15) is 82.8 Å². The minimum atomic E-state index is -1.28. The number of esters is 3. The van der Waals surface area contributed by atoms with Gasteiger partial charge in [-0.25, -0.2) is 4.39 Å². The molecule has 0 spiro atoms. The molecule has 0 bridgehead atoms. The van der Waals surface area contributed by atoms with Crippen molar-refractivity contribution in [2.24, 2.45) is 11.8 Å². The van der Waals surface area contributed by atoms with Crippen molar-refractivity contribution >= 4 is 29.5 Å². The van der Waals surface area contributed by atoms with E-state index in [0.717, 1.165) is 33.4 Å². The molecule has 0 saturated carbocycles. The third kappa shape index (κ3) is 15.5. The second-order valence-corrected chi connectivity index (χ2v) is 18.0. The van der Waals surface area contributed by atoms with Gasteiger partial charge in [0.15, 0.2) is 5.92 Å². The second kappa shape index (κ2) is 26.9. The number of carbonyl (C=O) groups is 4. The zero-order chi connectivity index (χ0) is 52.2. The maximum atomic E-state index is 14.3. The van der Waals surface area contributed by atoms with E-state index in [1.807, 2.05) is 170 Å². The summed E-state index contributed by atoms with van der Waals surface area (Å²) in [6.45, 7) is 2.35. The largest absolute Gasteiger partial charge is 0.460 e. The first kappa shape index (κ1) is 52.7. The van der Waals surface area contributed by atoms with Gasteiger partial charge in [-0.1, -0.05) is 169 Å². The third-order valence-corrected chi connectivity index (χ3v) is 12.5. The number of halogens is 1. The first-order valence-electron chi connectivity index (χ1n) is 24.8. The van der Waals surface area contributed by atoms with Crippen molar-refractivity contribution < 1.29 is 47.3 Å². The summed E-state index contributed by atoms with van der Waals surface area (Å²) in [4.78, 5) is 55.0. The van der Waals surface area contributed by atoms with Gasteiger partial charge in [-0.05, 0) is 94.8 Å². The predicted molar refractivity (Wildman–Crippen MR) is 282 cm³/mol. The van der Waals surface area contributed by atoms with Gasteiger partial charge in [-0.2, -0.15) is 0 Å². The van der Waals surface area contributed by atoms with Crippen LogP contribution in [0.2, 0.25) is 0 Å². The summed E-state index contributed by atoms with van der Waals surface area (Å²) >= 11 is 0. The van der Waals surface area contributed by atoms with Crippen LogP contribution in [-0.4, -0.2) is 36.5 Å². The molecular weight excluding hydrogens is 946 g/mol.